The summed E-state index contributed by atoms with van der Waals surface area (Å²) in [6.45, 7) is 4.25. The van der Waals surface area contributed by atoms with Gasteiger partial charge in [-0.05, 0) is 12.1 Å². The topological polar surface area (TPSA) is 80.9 Å². The number of nitrogens with one attached hydrogen (secondary N) is 2. The lowest BCUT2D eigenvalue weighted by Gasteiger charge is -2.25. The van der Waals surface area contributed by atoms with Gasteiger partial charge in [-0.3, -0.25) is 0 Å². The maximum absolute atomic E-state index is 10.2. The van der Waals surface area contributed by atoms with Crippen molar-refractivity contribution >= 4 is 33.9 Å². The van der Waals surface area contributed by atoms with Crippen LogP contribution in [0.3, 0.4) is 0 Å². The first-order chi connectivity index (χ1) is 12.2. The van der Waals surface area contributed by atoms with Gasteiger partial charge in [-0.1, -0.05) is 35.2 Å². The highest BCUT2D eigenvalue weighted by Gasteiger charge is 2.19. The SMILES string of the molecule is COc1ccccc1Nc1nnc(SC[C@H](O)C[NH+]2CCOCC2)s1. The van der Waals surface area contributed by atoms with Gasteiger partial charge in [0.2, 0.25) is 5.13 Å². The summed E-state index contributed by atoms with van der Waals surface area (Å²) in [7, 11) is 1.64. The minimum absolute atomic E-state index is 0.354. The van der Waals surface area contributed by atoms with Gasteiger partial charge in [0.25, 0.3) is 0 Å². The number of quaternary nitrogens is 1. The molecular weight excluding hydrogens is 360 g/mol. The van der Waals surface area contributed by atoms with Gasteiger partial charge in [-0.2, -0.15) is 0 Å². The van der Waals surface area contributed by atoms with E-state index in [1.54, 1.807) is 7.11 Å². The van der Waals surface area contributed by atoms with Crippen molar-refractivity contribution < 1.29 is 19.5 Å². The maximum Gasteiger partial charge on any atom is 0.210 e. The number of nitrogens with zero attached hydrogens (tertiary/aromatic N) is 2. The standard InChI is InChI=1S/C16H22N4O3S2/c1-22-14-5-3-2-4-13(14)17-15-18-19-16(25-15)24-11-12(21)10-20-6-8-23-9-7-20/h2-5,12,21H,6-11H2,1H3,(H,17,18)/p+1/t12-/m1/s1. The van der Waals surface area contributed by atoms with E-state index in [-0.39, 0.29) is 6.10 Å². The zero-order valence-corrected chi connectivity index (χ0v) is 15.7. The Labute approximate surface area is 155 Å². The van der Waals surface area contributed by atoms with Crippen molar-refractivity contribution in [2.24, 2.45) is 0 Å². The van der Waals surface area contributed by atoms with Crippen LogP contribution in [0.2, 0.25) is 0 Å². The second-order valence-corrected chi connectivity index (χ2v) is 7.97. The van der Waals surface area contributed by atoms with Crippen molar-refractivity contribution in [3.05, 3.63) is 24.3 Å². The summed E-state index contributed by atoms with van der Waals surface area (Å²) in [5, 5.41) is 22.5. The average Bonchev–Trinajstić information content (AvgIpc) is 3.09. The van der Waals surface area contributed by atoms with Gasteiger partial charge in [0, 0.05) is 5.75 Å². The molecule has 1 saturated heterocycles. The molecule has 0 saturated carbocycles. The largest absolute Gasteiger partial charge is 0.495 e. The van der Waals surface area contributed by atoms with Crippen LogP contribution in [0.1, 0.15) is 0 Å². The number of hydrogen-bond acceptors (Lipinski definition) is 8. The number of anilines is 2. The summed E-state index contributed by atoms with van der Waals surface area (Å²) in [6.07, 6.45) is -0.354. The molecule has 0 spiro atoms. The Morgan fingerprint density at radius 2 is 2.16 bits per heavy atom. The third-order valence-electron chi connectivity index (χ3n) is 3.88. The molecule has 1 aliphatic rings. The van der Waals surface area contributed by atoms with Crippen molar-refractivity contribution in [2.75, 3.05) is 51.0 Å². The van der Waals surface area contributed by atoms with Crippen LogP contribution in [0.15, 0.2) is 28.6 Å². The molecule has 1 aromatic heterocycles. The van der Waals surface area contributed by atoms with Crippen LogP contribution >= 0.6 is 23.1 Å². The van der Waals surface area contributed by atoms with E-state index in [4.69, 9.17) is 9.47 Å². The third-order valence-corrected chi connectivity index (χ3v) is 6.00. The van der Waals surface area contributed by atoms with Gasteiger partial charge in [-0.15, -0.1) is 10.2 Å². The number of methoxy groups -OCH3 is 1. The molecule has 136 valence electrons. The number of thioether (sulfide) groups is 1. The molecule has 1 fully saturated rings. The summed E-state index contributed by atoms with van der Waals surface area (Å²) in [6, 6.07) is 7.68. The summed E-state index contributed by atoms with van der Waals surface area (Å²) >= 11 is 3.01. The number of aromatic nitrogens is 2. The molecule has 1 aliphatic heterocycles. The predicted molar refractivity (Wildman–Crippen MR) is 99.3 cm³/mol. The number of ether oxygens (including phenoxy) is 2. The smallest absolute Gasteiger partial charge is 0.210 e. The fourth-order valence-corrected chi connectivity index (χ4v) is 4.32. The quantitative estimate of drug-likeness (QED) is 0.578. The van der Waals surface area contributed by atoms with Crippen molar-refractivity contribution in [1.29, 1.82) is 0 Å². The summed E-state index contributed by atoms with van der Waals surface area (Å²) in [4.78, 5) is 1.40. The van der Waals surface area contributed by atoms with E-state index in [0.29, 0.717) is 10.9 Å². The first kappa shape index (κ1) is 18.4. The third kappa shape index (κ3) is 5.55. The van der Waals surface area contributed by atoms with Gasteiger partial charge in [0.05, 0.1) is 26.0 Å². The van der Waals surface area contributed by atoms with Gasteiger partial charge in [-0.25, -0.2) is 0 Å². The van der Waals surface area contributed by atoms with Crippen LogP contribution in [0, 0.1) is 0 Å². The number of para-hydroxylation sites is 2. The monoisotopic (exact) mass is 383 g/mol. The van der Waals surface area contributed by atoms with Crippen molar-refractivity contribution in [2.45, 2.75) is 10.4 Å². The second-order valence-electron chi connectivity index (χ2n) is 5.73. The highest BCUT2D eigenvalue weighted by atomic mass is 32.2. The number of rotatable bonds is 8. The lowest BCUT2D eigenvalue weighted by atomic mass is 10.3. The lowest BCUT2D eigenvalue weighted by molar-refractivity contribution is -0.910. The van der Waals surface area contributed by atoms with E-state index in [1.165, 1.54) is 28.0 Å². The van der Waals surface area contributed by atoms with E-state index in [9.17, 15) is 5.11 Å². The molecule has 9 heteroatoms. The van der Waals surface area contributed by atoms with Crippen molar-refractivity contribution in [3.8, 4) is 5.75 Å². The number of benzene rings is 1. The van der Waals surface area contributed by atoms with Crippen molar-refractivity contribution in [1.82, 2.24) is 10.2 Å². The maximum atomic E-state index is 10.2. The van der Waals surface area contributed by atoms with Gasteiger partial charge >= 0.3 is 0 Å². The minimum Gasteiger partial charge on any atom is -0.495 e. The van der Waals surface area contributed by atoms with Gasteiger partial charge < -0.3 is 24.8 Å². The molecule has 0 bridgehead atoms. The van der Waals surface area contributed by atoms with Crippen LogP contribution in [0.4, 0.5) is 10.8 Å². The zero-order chi connectivity index (χ0) is 17.5. The van der Waals surface area contributed by atoms with Crippen LogP contribution in [-0.2, 0) is 4.74 Å². The minimum atomic E-state index is -0.354. The predicted octanol–water partition coefficient (Wildman–Crippen LogP) is 0.658. The van der Waals surface area contributed by atoms with Gasteiger partial charge in [0.15, 0.2) is 4.34 Å². The Bertz CT molecular complexity index is 664. The second kappa shape index (κ2) is 9.35. The van der Waals surface area contributed by atoms with Gasteiger partial charge in [0.1, 0.15) is 31.5 Å². The number of hydrogen-bond donors (Lipinski definition) is 3. The summed E-state index contributed by atoms with van der Waals surface area (Å²) < 4.78 is 11.5. The Kier molecular flexibility index (Phi) is 6.88. The molecule has 0 radical (unpaired) electrons. The highest BCUT2D eigenvalue weighted by Crippen LogP contribution is 2.31. The molecule has 1 aromatic carbocycles. The molecule has 0 unspecified atom stereocenters. The fraction of sp³-hybridized carbons (Fsp3) is 0.500. The number of aliphatic hydroxyl groups excluding tert-OH is 1. The molecule has 7 nitrogen and oxygen atoms in total. The van der Waals surface area contributed by atoms with Crippen LogP contribution in [0.5, 0.6) is 5.75 Å². The molecular formula is C16H23N4O3S2+. The first-order valence-corrected chi connectivity index (χ1v) is 10.0. The molecule has 3 rings (SSSR count). The Morgan fingerprint density at radius 3 is 2.96 bits per heavy atom. The summed E-state index contributed by atoms with van der Waals surface area (Å²) in [5.41, 5.74) is 0.855. The first-order valence-electron chi connectivity index (χ1n) is 8.20. The Hall–Kier alpha value is -1.39. The summed E-state index contributed by atoms with van der Waals surface area (Å²) in [5.74, 6) is 1.38. The molecule has 2 aromatic rings. The van der Waals surface area contributed by atoms with E-state index in [0.717, 1.165) is 48.6 Å². The molecule has 0 amide bonds. The fourth-order valence-electron chi connectivity index (χ4n) is 2.61. The van der Waals surface area contributed by atoms with E-state index in [2.05, 4.69) is 15.5 Å². The normalized spacial score (nSPS) is 16.6. The molecule has 0 aliphatic carbocycles. The average molecular weight is 384 g/mol. The van der Waals surface area contributed by atoms with E-state index in [1.807, 2.05) is 24.3 Å². The van der Waals surface area contributed by atoms with E-state index >= 15 is 0 Å². The zero-order valence-electron chi connectivity index (χ0n) is 14.1. The molecule has 2 heterocycles. The Balaban J connectivity index is 1.48. The molecule has 3 N–H and O–H groups in total. The Morgan fingerprint density at radius 1 is 1.36 bits per heavy atom. The van der Waals surface area contributed by atoms with Crippen LogP contribution in [0.25, 0.3) is 0 Å². The molecule has 25 heavy (non-hydrogen) atoms. The number of aliphatic hydroxyl groups is 1. The molecule has 1 atom stereocenters. The van der Waals surface area contributed by atoms with Crippen molar-refractivity contribution in [3.63, 3.8) is 0 Å². The van der Waals surface area contributed by atoms with E-state index < -0.39 is 0 Å². The lowest BCUT2D eigenvalue weighted by Crippen LogP contribution is -3.15. The highest BCUT2D eigenvalue weighted by molar-refractivity contribution is 8.01. The number of morpholine rings is 1. The van der Waals surface area contributed by atoms with Crippen LogP contribution in [-0.4, -0.2) is 67.1 Å². The van der Waals surface area contributed by atoms with Crippen LogP contribution < -0.4 is 15.0 Å².